The third kappa shape index (κ3) is 2.88. The molecule has 2 amide bonds. The lowest BCUT2D eigenvalue weighted by molar-refractivity contribution is 0.143. The highest BCUT2D eigenvalue weighted by atomic mass is 16.3. The number of likely N-dealkylation sites (tertiary alicyclic amines) is 1. The first-order chi connectivity index (χ1) is 6.25. The fourth-order valence-corrected chi connectivity index (χ4v) is 1.57. The van der Waals surface area contributed by atoms with Gasteiger partial charge in [-0.2, -0.15) is 0 Å². The Morgan fingerprint density at radius 3 is 2.54 bits per heavy atom. The number of rotatable bonds is 2. The molecule has 0 atom stereocenters. The number of urea groups is 1. The first-order valence-corrected chi connectivity index (χ1v) is 4.86. The van der Waals surface area contributed by atoms with E-state index in [9.17, 15) is 4.79 Å². The minimum atomic E-state index is 0.0378. The van der Waals surface area contributed by atoms with Crippen LogP contribution in [0.5, 0.6) is 0 Å². The lowest BCUT2D eigenvalue weighted by Crippen LogP contribution is -2.44. The highest BCUT2D eigenvalue weighted by Gasteiger charge is 2.18. The molecule has 1 rings (SSSR count). The zero-order chi connectivity index (χ0) is 9.68. The van der Waals surface area contributed by atoms with E-state index in [0.717, 1.165) is 25.9 Å². The van der Waals surface area contributed by atoms with E-state index in [1.165, 1.54) is 6.42 Å². The van der Waals surface area contributed by atoms with Gasteiger partial charge in [0.15, 0.2) is 0 Å². The van der Waals surface area contributed by atoms with Crippen LogP contribution in [0, 0.1) is 0 Å². The second kappa shape index (κ2) is 5.07. The van der Waals surface area contributed by atoms with E-state index in [-0.39, 0.29) is 12.6 Å². The number of hydrogen-bond donors (Lipinski definition) is 1. The molecule has 0 saturated carbocycles. The minimum Gasteiger partial charge on any atom is -0.395 e. The summed E-state index contributed by atoms with van der Waals surface area (Å²) in [6, 6.07) is 0.0498. The standard InChI is InChI=1S/C9H18N2O2/c1-10(7-8-12)9(13)11-5-3-2-4-6-11/h12H,2-8H2,1H3. The Morgan fingerprint density at radius 1 is 1.38 bits per heavy atom. The van der Waals surface area contributed by atoms with Gasteiger partial charge in [-0.1, -0.05) is 0 Å². The minimum absolute atomic E-state index is 0.0378. The number of nitrogens with zero attached hydrogens (tertiary/aromatic N) is 2. The molecule has 1 aliphatic rings. The van der Waals surface area contributed by atoms with Crippen LogP contribution >= 0.6 is 0 Å². The molecular formula is C9H18N2O2. The predicted molar refractivity (Wildman–Crippen MR) is 50.5 cm³/mol. The van der Waals surface area contributed by atoms with Gasteiger partial charge in [0.25, 0.3) is 0 Å². The summed E-state index contributed by atoms with van der Waals surface area (Å²) in [6.07, 6.45) is 3.45. The Balaban J connectivity index is 2.36. The van der Waals surface area contributed by atoms with Crippen molar-refractivity contribution in [3.63, 3.8) is 0 Å². The zero-order valence-electron chi connectivity index (χ0n) is 8.20. The topological polar surface area (TPSA) is 43.8 Å². The number of aliphatic hydroxyl groups excluding tert-OH is 1. The Morgan fingerprint density at radius 2 is 2.00 bits per heavy atom. The van der Waals surface area contributed by atoms with E-state index in [1.807, 2.05) is 4.90 Å². The van der Waals surface area contributed by atoms with E-state index in [1.54, 1.807) is 11.9 Å². The van der Waals surface area contributed by atoms with Gasteiger partial charge < -0.3 is 14.9 Å². The molecule has 4 heteroatoms. The molecule has 0 aromatic heterocycles. The molecule has 1 heterocycles. The van der Waals surface area contributed by atoms with Gasteiger partial charge in [0.05, 0.1) is 6.61 Å². The molecule has 76 valence electrons. The summed E-state index contributed by atoms with van der Waals surface area (Å²) >= 11 is 0. The largest absolute Gasteiger partial charge is 0.395 e. The number of carbonyl (C=O) groups is 1. The molecule has 13 heavy (non-hydrogen) atoms. The normalized spacial score (nSPS) is 17.2. The van der Waals surface area contributed by atoms with Crippen molar-refractivity contribution in [2.75, 3.05) is 33.3 Å². The smallest absolute Gasteiger partial charge is 0.319 e. The lowest BCUT2D eigenvalue weighted by atomic mass is 10.1. The summed E-state index contributed by atoms with van der Waals surface area (Å²) in [5.41, 5.74) is 0. The Hall–Kier alpha value is -0.770. The van der Waals surface area contributed by atoms with Gasteiger partial charge in [0.1, 0.15) is 0 Å². The first kappa shape index (κ1) is 10.3. The van der Waals surface area contributed by atoms with E-state index in [0.29, 0.717) is 6.54 Å². The van der Waals surface area contributed by atoms with Crippen molar-refractivity contribution >= 4 is 6.03 Å². The quantitative estimate of drug-likeness (QED) is 0.683. The summed E-state index contributed by atoms with van der Waals surface area (Å²) in [5, 5.41) is 8.67. The van der Waals surface area contributed by atoms with Gasteiger partial charge >= 0.3 is 6.03 Å². The molecule has 4 nitrogen and oxygen atoms in total. The fourth-order valence-electron chi connectivity index (χ4n) is 1.57. The van der Waals surface area contributed by atoms with Gasteiger partial charge in [0.2, 0.25) is 0 Å². The summed E-state index contributed by atoms with van der Waals surface area (Å²) in [6.45, 7) is 2.20. The molecule has 1 fully saturated rings. The summed E-state index contributed by atoms with van der Waals surface area (Å²) in [7, 11) is 1.73. The zero-order valence-corrected chi connectivity index (χ0v) is 8.20. The average Bonchev–Trinajstić information content (AvgIpc) is 2.18. The maximum absolute atomic E-state index is 11.6. The number of amides is 2. The van der Waals surface area contributed by atoms with Crippen LogP contribution in [0.15, 0.2) is 0 Å². The maximum atomic E-state index is 11.6. The molecule has 0 bridgehead atoms. The van der Waals surface area contributed by atoms with Crippen molar-refractivity contribution in [1.82, 2.24) is 9.80 Å². The Kier molecular flexibility index (Phi) is 4.02. The lowest BCUT2D eigenvalue weighted by Gasteiger charge is -2.30. The van der Waals surface area contributed by atoms with Gasteiger partial charge in [0, 0.05) is 26.7 Å². The van der Waals surface area contributed by atoms with Gasteiger partial charge in [-0.3, -0.25) is 0 Å². The molecule has 0 unspecified atom stereocenters. The fraction of sp³-hybridized carbons (Fsp3) is 0.889. The van der Waals surface area contributed by atoms with Crippen LogP contribution in [0.3, 0.4) is 0 Å². The Labute approximate surface area is 79.1 Å². The summed E-state index contributed by atoms with van der Waals surface area (Å²) in [5.74, 6) is 0. The molecule has 1 N–H and O–H groups in total. The van der Waals surface area contributed by atoms with Crippen molar-refractivity contribution in [3.05, 3.63) is 0 Å². The molecule has 0 aromatic rings. The van der Waals surface area contributed by atoms with E-state index in [4.69, 9.17) is 5.11 Å². The molecule has 0 radical (unpaired) electrons. The van der Waals surface area contributed by atoms with Crippen molar-refractivity contribution in [1.29, 1.82) is 0 Å². The third-order valence-corrected chi connectivity index (χ3v) is 2.39. The van der Waals surface area contributed by atoms with Crippen molar-refractivity contribution in [3.8, 4) is 0 Å². The van der Waals surface area contributed by atoms with Crippen LogP contribution < -0.4 is 0 Å². The third-order valence-electron chi connectivity index (χ3n) is 2.39. The van der Waals surface area contributed by atoms with Gasteiger partial charge in [-0.15, -0.1) is 0 Å². The van der Waals surface area contributed by atoms with Crippen LogP contribution in [0.1, 0.15) is 19.3 Å². The summed E-state index contributed by atoms with van der Waals surface area (Å²) < 4.78 is 0. The first-order valence-electron chi connectivity index (χ1n) is 4.86. The van der Waals surface area contributed by atoms with Crippen LogP contribution in [0.2, 0.25) is 0 Å². The molecule has 1 aliphatic heterocycles. The van der Waals surface area contributed by atoms with Crippen molar-refractivity contribution in [2.45, 2.75) is 19.3 Å². The number of aliphatic hydroxyl groups is 1. The highest BCUT2D eigenvalue weighted by molar-refractivity contribution is 5.74. The number of piperidine rings is 1. The van der Waals surface area contributed by atoms with Crippen LogP contribution in [-0.2, 0) is 0 Å². The van der Waals surface area contributed by atoms with Crippen LogP contribution in [-0.4, -0.2) is 54.2 Å². The van der Waals surface area contributed by atoms with E-state index < -0.39 is 0 Å². The summed E-state index contributed by atoms with van der Waals surface area (Å²) in [4.78, 5) is 15.1. The predicted octanol–water partition coefficient (Wildman–Crippen LogP) is 0.516. The SMILES string of the molecule is CN(CCO)C(=O)N1CCCCC1. The number of hydrogen-bond acceptors (Lipinski definition) is 2. The number of carbonyl (C=O) groups excluding carboxylic acids is 1. The van der Waals surface area contributed by atoms with Crippen molar-refractivity contribution < 1.29 is 9.90 Å². The van der Waals surface area contributed by atoms with Crippen LogP contribution in [0.25, 0.3) is 0 Å². The van der Waals surface area contributed by atoms with Gasteiger partial charge in [-0.05, 0) is 19.3 Å². The second-order valence-electron chi connectivity index (χ2n) is 3.48. The average molecular weight is 186 g/mol. The van der Waals surface area contributed by atoms with Gasteiger partial charge in [-0.25, -0.2) is 4.79 Å². The number of likely N-dealkylation sites (N-methyl/N-ethyl adjacent to an activating group) is 1. The molecule has 0 aromatic carbocycles. The maximum Gasteiger partial charge on any atom is 0.319 e. The van der Waals surface area contributed by atoms with Crippen LogP contribution in [0.4, 0.5) is 4.79 Å². The highest BCUT2D eigenvalue weighted by Crippen LogP contribution is 2.10. The molecular weight excluding hydrogens is 168 g/mol. The molecule has 0 aliphatic carbocycles. The second-order valence-corrected chi connectivity index (χ2v) is 3.48. The van der Waals surface area contributed by atoms with Crippen molar-refractivity contribution in [2.24, 2.45) is 0 Å². The Bertz CT molecular complexity index is 167. The molecule has 1 saturated heterocycles. The van der Waals surface area contributed by atoms with E-state index >= 15 is 0 Å². The monoisotopic (exact) mass is 186 g/mol. The molecule has 0 spiro atoms. The van der Waals surface area contributed by atoms with E-state index in [2.05, 4.69) is 0 Å².